The van der Waals surface area contributed by atoms with Gasteiger partial charge in [0, 0.05) is 0 Å². The van der Waals surface area contributed by atoms with Crippen molar-refractivity contribution in [3.8, 4) is 23.0 Å². The van der Waals surface area contributed by atoms with Gasteiger partial charge in [-0.3, -0.25) is 0 Å². The van der Waals surface area contributed by atoms with Gasteiger partial charge in [-0.25, -0.2) is 0 Å². The molecule has 0 aliphatic heterocycles. The van der Waals surface area contributed by atoms with E-state index in [1.807, 2.05) is 48.5 Å². The second-order valence-electron chi connectivity index (χ2n) is 9.12. The number of benzene rings is 4. The molecule has 4 aromatic rings. The normalized spacial score (nSPS) is 12.4. The van der Waals surface area contributed by atoms with Crippen molar-refractivity contribution in [1.82, 2.24) is 0 Å². The number of hydrogen-bond donors (Lipinski definition) is 0. The monoisotopic (exact) mass is 504 g/mol. The molecule has 0 spiro atoms. The molecule has 0 radical (unpaired) electrons. The lowest BCUT2D eigenvalue weighted by Crippen LogP contribution is -2.11. The number of ether oxygens (including phenoxy) is 4. The first-order valence-corrected chi connectivity index (χ1v) is 12.7. The molecule has 4 aromatic carbocycles. The average molecular weight is 505 g/mol. The van der Waals surface area contributed by atoms with Gasteiger partial charge in [0.25, 0.3) is 0 Å². The molecule has 4 heteroatoms. The predicted octanol–water partition coefficient (Wildman–Crippen LogP) is 7.82. The smallest absolute Gasteiger partial charge is 0.118 e. The molecule has 0 bridgehead atoms. The second kappa shape index (κ2) is 11.3. The van der Waals surface area contributed by atoms with E-state index in [-0.39, 0.29) is 0 Å². The summed E-state index contributed by atoms with van der Waals surface area (Å²) in [6.07, 6.45) is 2.00. The lowest BCUT2D eigenvalue weighted by atomic mass is 9.73. The predicted molar refractivity (Wildman–Crippen MR) is 153 cm³/mol. The Morgan fingerprint density at radius 1 is 0.368 bits per heavy atom. The van der Waals surface area contributed by atoms with Gasteiger partial charge in [0.1, 0.15) is 23.0 Å². The van der Waals surface area contributed by atoms with E-state index >= 15 is 0 Å². The van der Waals surface area contributed by atoms with Crippen LogP contribution in [0.15, 0.2) is 108 Å². The van der Waals surface area contributed by atoms with Gasteiger partial charge in [-0.2, -0.15) is 0 Å². The molecule has 5 rings (SSSR count). The Morgan fingerprint density at radius 3 is 0.737 bits per heavy atom. The first-order chi connectivity index (χ1) is 18.6. The van der Waals surface area contributed by atoms with Gasteiger partial charge in [0.2, 0.25) is 0 Å². The Balaban J connectivity index is 1.74. The lowest BCUT2D eigenvalue weighted by molar-refractivity contribution is 0.414. The minimum Gasteiger partial charge on any atom is -0.497 e. The van der Waals surface area contributed by atoms with E-state index in [0.717, 1.165) is 58.1 Å². The first-order valence-electron chi connectivity index (χ1n) is 12.7. The average Bonchev–Trinajstić information content (AvgIpc) is 2.98. The largest absolute Gasteiger partial charge is 0.497 e. The van der Waals surface area contributed by atoms with Gasteiger partial charge in [0.15, 0.2) is 0 Å². The van der Waals surface area contributed by atoms with Crippen molar-refractivity contribution in [2.45, 2.75) is 12.8 Å². The molecule has 4 nitrogen and oxygen atoms in total. The Bertz CT molecular complexity index is 1230. The van der Waals surface area contributed by atoms with E-state index < -0.39 is 0 Å². The summed E-state index contributed by atoms with van der Waals surface area (Å²) in [4.78, 5) is 0. The molecule has 0 amide bonds. The molecule has 1 aliphatic carbocycles. The SMILES string of the molecule is COc1ccc(C(=C2CCC2=C(c2ccc(OC)cc2)c2ccc(OC)cc2)c2ccc(OC)cc2)cc1. The lowest BCUT2D eigenvalue weighted by Gasteiger charge is -2.31. The standard InChI is InChI=1S/C34H32O4/c1-35-27-13-5-23(6-14-27)33(24-7-15-28(36-2)16-8-24)31-21-22-32(31)34(25-9-17-29(37-3)18-10-25)26-11-19-30(38-4)20-12-26/h5-20H,21-22H2,1-4H3. The Labute approximate surface area is 224 Å². The van der Waals surface area contributed by atoms with Crippen LogP contribution in [0, 0.1) is 0 Å². The van der Waals surface area contributed by atoms with Gasteiger partial charge < -0.3 is 18.9 Å². The fourth-order valence-electron chi connectivity index (χ4n) is 4.99. The molecule has 1 fully saturated rings. The zero-order valence-electron chi connectivity index (χ0n) is 22.3. The summed E-state index contributed by atoms with van der Waals surface area (Å²) in [6, 6.07) is 33.3. The van der Waals surface area contributed by atoms with E-state index in [1.54, 1.807) is 28.4 Å². The molecule has 38 heavy (non-hydrogen) atoms. The van der Waals surface area contributed by atoms with Crippen molar-refractivity contribution in [2.24, 2.45) is 0 Å². The van der Waals surface area contributed by atoms with Crippen LogP contribution in [0.1, 0.15) is 35.1 Å². The van der Waals surface area contributed by atoms with Crippen molar-refractivity contribution < 1.29 is 18.9 Å². The summed E-state index contributed by atoms with van der Waals surface area (Å²) in [5, 5.41) is 0. The third-order valence-corrected chi connectivity index (χ3v) is 7.11. The molecule has 0 N–H and O–H groups in total. The fourth-order valence-corrected chi connectivity index (χ4v) is 4.99. The van der Waals surface area contributed by atoms with Crippen LogP contribution in [-0.4, -0.2) is 28.4 Å². The number of allylic oxidation sites excluding steroid dienone is 2. The van der Waals surface area contributed by atoms with Crippen molar-refractivity contribution in [1.29, 1.82) is 0 Å². The molecule has 0 saturated heterocycles. The number of hydrogen-bond acceptors (Lipinski definition) is 4. The maximum atomic E-state index is 5.44. The zero-order valence-corrected chi connectivity index (χ0v) is 22.3. The minimum atomic E-state index is 0.842. The summed E-state index contributed by atoms with van der Waals surface area (Å²) >= 11 is 0. The molecular formula is C34H32O4. The highest BCUT2D eigenvalue weighted by molar-refractivity contribution is 5.93. The van der Waals surface area contributed by atoms with E-state index in [0.29, 0.717) is 0 Å². The number of methoxy groups -OCH3 is 4. The van der Waals surface area contributed by atoms with Crippen molar-refractivity contribution in [2.75, 3.05) is 28.4 Å². The first kappa shape index (κ1) is 25.2. The van der Waals surface area contributed by atoms with Crippen LogP contribution in [0.3, 0.4) is 0 Å². The molecule has 0 unspecified atom stereocenters. The van der Waals surface area contributed by atoms with Crippen molar-refractivity contribution in [3.05, 3.63) is 130 Å². The summed E-state index contributed by atoms with van der Waals surface area (Å²) in [5.41, 5.74) is 9.80. The van der Waals surface area contributed by atoms with E-state index in [9.17, 15) is 0 Å². The van der Waals surface area contributed by atoms with Crippen LogP contribution < -0.4 is 18.9 Å². The summed E-state index contributed by atoms with van der Waals surface area (Å²) in [7, 11) is 6.78. The fraction of sp³-hybridized carbons (Fsp3) is 0.176. The van der Waals surface area contributed by atoms with E-state index in [1.165, 1.54) is 22.3 Å². The van der Waals surface area contributed by atoms with Crippen LogP contribution in [0.2, 0.25) is 0 Å². The third-order valence-electron chi connectivity index (χ3n) is 7.11. The quantitative estimate of drug-likeness (QED) is 0.245. The highest BCUT2D eigenvalue weighted by Crippen LogP contribution is 2.47. The Morgan fingerprint density at radius 2 is 0.579 bits per heavy atom. The van der Waals surface area contributed by atoms with Gasteiger partial charge in [0.05, 0.1) is 28.4 Å². The van der Waals surface area contributed by atoms with Crippen LogP contribution in [0.4, 0.5) is 0 Å². The van der Waals surface area contributed by atoms with Crippen molar-refractivity contribution >= 4 is 11.1 Å². The number of rotatable bonds is 8. The summed E-state index contributed by atoms with van der Waals surface area (Å²) < 4.78 is 21.7. The topological polar surface area (TPSA) is 36.9 Å². The maximum absolute atomic E-state index is 5.44. The molecule has 1 aliphatic rings. The molecule has 1 saturated carbocycles. The maximum Gasteiger partial charge on any atom is 0.118 e. The Hall–Kier alpha value is -4.44. The third kappa shape index (κ3) is 5.03. The highest BCUT2D eigenvalue weighted by atomic mass is 16.5. The second-order valence-corrected chi connectivity index (χ2v) is 9.12. The van der Waals surface area contributed by atoms with Crippen LogP contribution in [-0.2, 0) is 0 Å². The summed E-state index contributed by atoms with van der Waals surface area (Å²) in [6.45, 7) is 0. The van der Waals surface area contributed by atoms with Crippen molar-refractivity contribution in [3.63, 3.8) is 0 Å². The van der Waals surface area contributed by atoms with Gasteiger partial charge in [-0.05, 0) is 106 Å². The molecule has 0 heterocycles. The minimum absolute atomic E-state index is 0.842. The van der Waals surface area contributed by atoms with Crippen LogP contribution in [0.25, 0.3) is 11.1 Å². The summed E-state index contributed by atoms with van der Waals surface area (Å²) in [5.74, 6) is 3.37. The van der Waals surface area contributed by atoms with Crippen LogP contribution >= 0.6 is 0 Å². The molecule has 0 aromatic heterocycles. The van der Waals surface area contributed by atoms with Crippen LogP contribution in [0.5, 0.6) is 23.0 Å². The van der Waals surface area contributed by atoms with Gasteiger partial charge in [-0.15, -0.1) is 0 Å². The van der Waals surface area contributed by atoms with E-state index in [4.69, 9.17) is 18.9 Å². The molecular weight excluding hydrogens is 472 g/mol. The highest BCUT2D eigenvalue weighted by Gasteiger charge is 2.27. The zero-order chi connectivity index (χ0) is 26.5. The molecule has 0 atom stereocenters. The van der Waals surface area contributed by atoms with Gasteiger partial charge in [-0.1, -0.05) is 48.5 Å². The van der Waals surface area contributed by atoms with E-state index in [2.05, 4.69) is 48.5 Å². The Kier molecular flexibility index (Phi) is 7.50. The van der Waals surface area contributed by atoms with Gasteiger partial charge >= 0.3 is 0 Å². The molecule has 192 valence electrons.